The lowest BCUT2D eigenvalue weighted by atomic mass is 10.3. The van der Waals surface area contributed by atoms with Gasteiger partial charge >= 0.3 is 0 Å². The average molecular weight is 286 g/mol. The Kier molecular flexibility index (Phi) is 4.49. The van der Waals surface area contributed by atoms with Gasteiger partial charge in [-0.15, -0.1) is 0 Å². The molecule has 0 spiro atoms. The van der Waals surface area contributed by atoms with Crippen molar-refractivity contribution in [3.63, 3.8) is 0 Å². The molecule has 0 fully saturated rings. The van der Waals surface area contributed by atoms with E-state index < -0.39 is 0 Å². The predicted molar refractivity (Wildman–Crippen MR) is 77.6 cm³/mol. The first kappa shape index (κ1) is 13.7. The number of H-pyrrole nitrogens is 1. The molecule has 0 aliphatic carbocycles. The Hall–Kier alpha value is -0.770. The van der Waals surface area contributed by atoms with Gasteiger partial charge in [-0.3, -0.25) is 0 Å². The lowest BCUT2D eigenvalue weighted by molar-refractivity contribution is 0.567. The molecule has 0 unspecified atom stereocenters. The Morgan fingerprint density at radius 3 is 2.72 bits per heavy atom. The van der Waals surface area contributed by atoms with E-state index in [1.54, 1.807) is 6.07 Å². The highest BCUT2D eigenvalue weighted by molar-refractivity contribution is 6.42. The lowest BCUT2D eigenvalue weighted by Gasteiger charge is -2.06. The number of aryl methyl sites for hydroxylation is 1. The molecule has 2 aromatic rings. The summed E-state index contributed by atoms with van der Waals surface area (Å²) in [6.45, 7) is 5.28. The third kappa shape index (κ3) is 3.37. The van der Waals surface area contributed by atoms with Crippen LogP contribution in [-0.4, -0.2) is 22.6 Å². The van der Waals surface area contributed by atoms with E-state index in [2.05, 4.69) is 29.1 Å². The number of halogens is 2. The molecule has 0 atom stereocenters. The van der Waals surface area contributed by atoms with Crippen LogP contribution in [0.4, 0.5) is 0 Å². The Bertz CT molecular complexity index is 495. The van der Waals surface area contributed by atoms with Crippen molar-refractivity contribution in [1.82, 2.24) is 15.3 Å². The number of benzene rings is 1. The summed E-state index contributed by atoms with van der Waals surface area (Å²) in [5.41, 5.74) is 1.81. The van der Waals surface area contributed by atoms with E-state index in [1.165, 1.54) is 0 Å². The largest absolute Gasteiger partial charge is 0.342 e. The molecule has 0 amide bonds. The zero-order valence-electron chi connectivity index (χ0n) is 10.6. The monoisotopic (exact) mass is 285 g/mol. The molecule has 0 aliphatic rings. The minimum atomic E-state index is 0.526. The number of nitrogens with one attached hydrogen (secondary N) is 2. The first-order chi connectivity index (χ1) is 8.56. The molecular weight excluding hydrogens is 269 g/mol. The van der Waals surface area contributed by atoms with E-state index >= 15 is 0 Å². The minimum Gasteiger partial charge on any atom is -0.342 e. The SMILES string of the molecule is CC(C)NCCCc1nc2cc(Cl)c(Cl)cc2[nH]1. The molecule has 2 N–H and O–H groups in total. The van der Waals surface area contributed by atoms with Crippen molar-refractivity contribution in [2.45, 2.75) is 32.7 Å². The van der Waals surface area contributed by atoms with E-state index in [1.807, 2.05) is 6.07 Å². The molecule has 5 heteroatoms. The second-order valence-electron chi connectivity index (χ2n) is 4.68. The molecule has 0 bridgehead atoms. The summed E-state index contributed by atoms with van der Waals surface area (Å²) < 4.78 is 0. The molecule has 0 radical (unpaired) electrons. The van der Waals surface area contributed by atoms with Crippen LogP contribution in [0, 0.1) is 0 Å². The van der Waals surface area contributed by atoms with Crippen molar-refractivity contribution in [2.24, 2.45) is 0 Å². The summed E-state index contributed by atoms with van der Waals surface area (Å²) in [4.78, 5) is 7.77. The standard InChI is InChI=1S/C13H17Cl2N3/c1-8(2)16-5-3-4-13-17-11-6-9(14)10(15)7-12(11)18-13/h6-8,16H,3-5H2,1-2H3,(H,17,18). The van der Waals surface area contributed by atoms with Crippen molar-refractivity contribution in [2.75, 3.05) is 6.54 Å². The van der Waals surface area contributed by atoms with E-state index in [4.69, 9.17) is 23.2 Å². The quantitative estimate of drug-likeness (QED) is 0.821. The fourth-order valence-electron chi connectivity index (χ4n) is 1.82. The smallest absolute Gasteiger partial charge is 0.107 e. The van der Waals surface area contributed by atoms with Gasteiger partial charge in [-0.05, 0) is 25.1 Å². The van der Waals surface area contributed by atoms with Crippen LogP contribution < -0.4 is 5.32 Å². The summed E-state index contributed by atoms with van der Waals surface area (Å²) in [6.07, 6.45) is 1.98. The van der Waals surface area contributed by atoms with Gasteiger partial charge in [0.05, 0.1) is 21.1 Å². The van der Waals surface area contributed by atoms with Crippen molar-refractivity contribution < 1.29 is 0 Å². The third-order valence-corrected chi connectivity index (χ3v) is 3.44. The highest BCUT2D eigenvalue weighted by Crippen LogP contribution is 2.26. The van der Waals surface area contributed by atoms with Crippen LogP contribution in [0.1, 0.15) is 26.1 Å². The third-order valence-electron chi connectivity index (χ3n) is 2.72. The zero-order chi connectivity index (χ0) is 13.1. The molecule has 3 nitrogen and oxygen atoms in total. The lowest BCUT2D eigenvalue weighted by Crippen LogP contribution is -2.24. The second-order valence-corrected chi connectivity index (χ2v) is 5.49. The van der Waals surface area contributed by atoms with Crippen molar-refractivity contribution in [3.8, 4) is 0 Å². The van der Waals surface area contributed by atoms with Crippen LogP contribution in [0.25, 0.3) is 11.0 Å². The maximum absolute atomic E-state index is 5.97. The van der Waals surface area contributed by atoms with Crippen LogP contribution >= 0.6 is 23.2 Å². The van der Waals surface area contributed by atoms with Crippen LogP contribution in [-0.2, 0) is 6.42 Å². The molecule has 0 aliphatic heterocycles. The van der Waals surface area contributed by atoms with Gasteiger partial charge in [-0.2, -0.15) is 0 Å². The number of aromatic amines is 1. The van der Waals surface area contributed by atoms with Gasteiger partial charge in [0.25, 0.3) is 0 Å². The summed E-state index contributed by atoms with van der Waals surface area (Å²) >= 11 is 11.9. The van der Waals surface area contributed by atoms with Gasteiger partial charge in [0.2, 0.25) is 0 Å². The molecule has 18 heavy (non-hydrogen) atoms. The Balaban J connectivity index is 2.02. The topological polar surface area (TPSA) is 40.7 Å². The summed E-state index contributed by atoms with van der Waals surface area (Å²) in [5.74, 6) is 0.980. The molecule has 1 heterocycles. The first-order valence-corrected chi connectivity index (χ1v) is 6.89. The zero-order valence-corrected chi connectivity index (χ0v) is 12.1. The van der Waals surface area contributed by atoms with Crippen molar-refractivity contribution >= 4 is 34.2 Å². The summed E-state index contributed by atoms with van der Waals surface area (Å²) in [5, 5.41) is 4.49. The Morgan fingerprint density at radius 2 is 2.00 bits per heavy atom. The maximum atomic E-state index is 5.97. The molecule has 0 saturated heterocycles. The first-order valence-electron chi connectivity index (χ1n) is 6.13. The van der Waals surface area contributed by atoms with Crippen LogP contribution in [0.15, 0.2) is 12.1 Å². The normalized spacial score (nSPS) is 11.6. The van der Waals surface area contributed by atoms with Gasteiger partial charge in [0.15, 0.2) is 0 Å². The second kappa shape index (κ2) is 5.91. The molecule has 0 saturated carbocycles. The van der Waals surface area contributed by atoms with E-state index in [0.29, 0.717) is 16.1 Å². The summed E-state index contributed by atoms with van der Waals surface area (Å²) in [6, 6.07) is 4.14. The molecule has 1 aromatic carbocycles. The van der Waals surface area contributed by atoms with E-state index in [9.17, 15) is 0 Å². The Morgan fingerprint density at radius 1 is 1.28 bits per heavy atom. The van der Waals surface area contributed by atoms with Crippen molar-refractivity contribution in [1.29, 1.82) is 0 Å². The maximum Gasteiger partial charge on any atom is 0.107 e. The number of hydrogen-bond acceptors (Lipinski definition) is 2. The number of fused-ring (bicyclic) bond motifs is 1. The number of rotatable bonds is 5. The van der Waals surface area contributed by atoms with Gasteiger partial charge in [-0.1, -0.05) is 37.0 Å². The van der Waals surface area contributed by atoms with Crippen LogP contribution in [0.2, 0.25) is 10.0 Å². The number of imidazole rings is 1. The minimum absolute atomic E-state index is 0.526. The fourth-order valence-corrected chi connectivity index (χ4v) is 2.14. The van der Waals surface area contributed by atoms with E-state index in [0.717, 1.165) is 36.2 Å². The van der Waals surface area contributed by atoms with Crippen LogP contribution in [0.3, 0.4) is 0 Å². The fraction of sp³-hybridized carbons (Fsp3) is 0.462. The van der Waals surface area contributed by atoms with Gasteiger partial charge in [-0.25, -0.2) is 4.98 Å². The van der Waals surface area contributed by atoms with Gasteiger partial charge in [0, 0.05) is 12.5 Å². The highest BCUT2D eigenvalue weighted by Gasteiger charge is 2.06. The predicted octanol–water partition coefficient (Wildman–Crippen LogP) is 3.80. The van der Waals surface area contributed by atoms with Gasteiger partial charge < -0.3 is 10.3 Å². The molecule has 1 aromatic heterocycles. The average Bonchev–Trinajstić information content (AvgIpc) is 2.67. The summed E-state index contributed by atoms with van der Waals surface area (Å²) in [7, 11) is 0. The molecule has 98 valence electrons. The number of nitrogens with zero attached hydrogens (tertiary/aromatic N) is 1. The number of hydrogen-bond donors (Lipinski definition) is 2. The number of aromatic nitrogens is 2. The Labute approximate surface area is 117 Å². The van der Waals surface area contributed by atoms with E-state index in [-0.39, 0.29) is 0 Å². The van der Waals surface area contributed by atoms with Gasteiger partial charge in [0.1, 0.15) is 5.82 Å². The van der Waals surface area contributed by atoms with Crippen molar-refractivity contribution in [3.05, 3.63) is 28.0 Å². The van der Waals surface area contributed by atoms with Crippen LogP contribution in [0.5, 0.6) is 0 Å². The highest BCUT2D eigenvalue weighted by atomic mass is 35.5. The molecular formula is C13H17Cl2N3. The molecule has 2 rings (SSSR count).